The highest BCUT2D eigenvalue weighted by molar-refractivity contribution is 6.08. The lowest BCUT2D eigenvalue weighted by Crippen LogP contribution is -2.05. The molecule has 1 nitrogen and oxygen atoms in total. The molecule has 3 aromatic carbocycles. The minimum Gasteiger partial charge on any atom is -0.294 e. The van der Waals surface area contributed by atoms with Crippen LogP contribution in [0.3, 0.4) is 0 Å². The van der Waals surface area contributed by atoms with E-state index in [-0.39, 0.29) is 23.8 Å². The monoisotopic (exact) mass is 282 g/mol. The van der Waals surface area contributed by atoms with Gasteiger partial charge in [-0.15, -0.1) is 0 Å². The molecule has 0 unspecified atom stereocenters. The van der Waals surface area contributed by atoms with Crippen molar-refractivity contribution in [3.63, 3.8) is 0 Å². The molecule has 3 rings (SSSR count). The molecule has 3 heteroatoms. The molecule has 21 heavy (non-hydrogen) atoms. The van der Waals surface area contributed by atoms with Gasteiger partial charge in [0.1, 0.15) is 11.6 Å². The first-order valence-electron chi connectivity index (χ1n) is 6.60. The third-order valence-corrected chi connectivity index (χ3v) is 3.42. The third kappa shape index (κ3) is 2.68. The van der Waals surface area contributed by atoms with Crippen molar-refractivity contribution in [3.8, 4) is 0 Å². The second-order valence-electron chi connectivity index (χ2n) is 4.87. The SMILES string of the molecule is O=C(Cc1cccc(F)c1)c1ccc(F)c2ccccc12. The van der Waals surface area contributed by atoms with Gasteiger partial charge in [-0.05, 0) is 35.2 Å². The van der Waals surface area contributed by atoms with Crippen LogP contribution in [0.2, 0.25) is 0 Å². The zero-order valence-corrected chi connectivity index (χ0v) is 11.1. The predicted molar refractivity (Wildman–Crippen MR) is 78.3 cm³/mol. The van der Waals surface area contributed by atoms with Gasteiger partial charge in [-0.1, -0.05) is 36.4 Å². The highest BCUT2D eigenvalue weighted by Gasteiger charge is 2.13. The van der Waals surface area contributed by atoms with Gasteiger partial charge < -0.3 is 0 Å². The van der Waals surface area contributed by atoms with Crippen LogP contribution in [-0.2, 0) is 6.42 Å². The summed E-state index contributed by atoms with van der Waals surface area (Å²) in [6, 6.07) is 15.6. The summed E-state index contributed by atoms with van der Waals surface area (Å²) in [6.45, 7) is 0. The van der Waals surface area contributed by atoms with Crippen LogP contribution in [-0.4, -0.2) is 5.78 Å². The molecule has 0 radical (unpaired) electrons. The number of hydrogen-bond donors (Lipinski definition) is 0. The smallest absolute Gasteiger partial charge is 0.167 e. The Morgan fingerprint density at radius 3 is 2.38 bits per heavy atom. The number of ketones is 1. The molecular formula is C18H12F2O. The van der Waals surface area contributed by atoms with Gasteiger partial charge in [0.15, 0.2) is 5.78 Å². The van der Waals surface area contributed by atoms with Gasteiger partial charge >= 0.3 is 0 Å². The van der Waals surface area contributed by atoms with E-state index < -0.39 is 0 Å². The summed E-state index contributed by atoms with van der Waals surface area (Å²) in [4.78, 5) is 12.4. The van der Waals surface area contributed by atoms with E-state index in [1.807, 2.05) is 0 Å². The number of hydrogen-bond acceptors (Lipinski definition) is 1. The predicted octanol–water partition coefficient (Wildman–Crippen LogP) is 4.54. The van der Waals surface area contributed by atoms with Gasteiger partial charge in [-0.3, -0.25) is 4.79 Å². The first-order chi connectivity index (χ1) is 10.1. The molecule has 0 N–H and O–H groups in total. The Hall–Kier alpha value is -2.55. The third-order valence-electron chi connectivity index (χ3n) is 3.42. The van der Waals surface area contributed by atoms with E-state index in [0.717, 1.165) is 0 Å². The minimum atomic E-state index is -0.371. The molecular weight excluding hydrogens is 270 g/mol. The summed E-state index contributed by atoms with van der Waals surface area (Å²) in [7, 11) is 0. The maximum Gasteiger partial charge on any atom is 0.167 e. The lowest BCUT2D eigenvalue weighted by atomic mass is 9.97. The first kappa shape index (κ1) is 13.4. The minimum absolute atomic E-state index is 0.0907. The van der Waals surface area contributed by atoms with Crippen LogP contribution in [0.15, 0.2) is 60.7 Å². The maximum absolute atomic E-state index is 13.7. The van der Waals surface area contributed by atoms with E-state index in [1.54, 1.807) is 36.4 Å². The second-order valence-corrected chi connectivity index (χ2v) is 4.87. The van der Waals surface area contributed by atoms with Crippen LogP contribution in [0.4, 0.5) is 8.78 Å². The highest BCUT2D eigenvalue weighted by atomic mass is 19.1. The van der Waals surface area contributed by atoms with Crippen molar-refractivity contribution in [2.24, 2.45) is 0 Å². The molecule has 3 aromatic rings. The fourth-order valence-corrected chi connectivity index (χ4v) is 2.43. The van der Waals surface area contributed by atoms with Crippen molar-refractivity contribution in [1.82, 2.24) is 0 Å². The number of carbonyl (C=O) groups is 1. The van der Waals surface area contributed by atoms with E-state index in [1.165, 1.54) is 24.3 Å². The molecule has 0 fully saturated rings. The molecule has 0 amide bonds. The molecule has 0 spiro atoms. The van der Waals surface area contributed by atoms with Gasteiger partial charge in [0.25, 0.3) is 0 Å². The van der Waals surface area contributed by atoms with Gasteiger partial charge in [-0.25, -0.2) is 8.78 Å². The lowest BCUT2D eigenvalue weighted by Gasteiger charge is -2.07. The zero-order chi connectivity index (χ0) is 14.8. The second kappa shape index (κ2) is 5.44. The van der Waals surface area contributed by atoms with Crippen LogP contribution in [0.25, 0.3) is 10.8 Å². The fourth-order valence-electron chi connectivity index (χ4n) is 2.43. The van der Waals surface area contributed by atoms with Crippen LogP contribution in [0, 0.1) is 11.6 Å². The Morgan fingerprint density at radius 2 is 1.62 bits per heavy atom. The number of Topliss-reactive ketones (excluding diaryl/α,β-unsaturated/α-hetero) is 1. The van der Waals surface area contributed by atoms with Crippen molar-refractivity contribution in [2.45, 2.75) is 6.42 Å². The number of halogens is 2. The van der Waals surface area contributed by atoms with Gasteiger partial charge in [0.2, 0.25) is 0 Å². The molecule has 0 aliphatic carbocycles. The lowest BCUT2D eigenvalue weighted by molar-refractivity contribution is 0.0994. The van der Waals surface area contributed by atoms with Crippen molar-refractivity contribution in [3.05, 3.63) is 83.4 Å². The number of benzene rings is 3. The molecule has 0 aliphatic heterocycles. The van der Waals surface area contributed by atoms with Crippen molar-refractivity contribution in [1.29, 1.82) is 0 Å². The van der Waals surface area contributed by atoms with Crippen molar-refractivity contribution >= 4 is 16.6 Å². The average molecular weight is 282 g/mol. The summed E-state index contributed by atoms with van der Waals surface area (Å²) in [5.41, 5.74) is 1.06. The quantitative estimate of drug-likeness (QED) is 0.644. The van der Waals surface area contributed by atoms with E-state index in [0.29, 0.717) is 21.9 Å². The van der Waals surface area contributed by atoms with Crippen LogP contribution in [0.1, 0.15) is 15.9 Å². The van der Waals surface area contributed by atoms with Gasteiger partial charge in [0.05, 0.1) is 0 Å². The van der Waals surface area contributed by atoms with E-state index >= 15 is 0 Å². The topological polar surface area (TPSA) is 17.1 Å². The summed E-state index contributed by atoms with van der Waals surface area (Å²) in [5, 5.41) is 1.00. The molecule has 0 saturated carbocycles. The normalized spacial score (nSPS) is 10.8. The average Bonchev–Trinajstić information content (AvgIpc) is 2.48. The van der Waals surface area contributed by atoms with Gasteiger partial charge in [0, 0.05) is 17.4 Å². The number of fused-ring (bicyclic) bond motifs is 1. The van der Waals surface area contributed by atoms with E-state index in [4.69, 9.17) is 0 Å². The molecule has 0 aromatic heterocycles. The highest BCUT2D eigenvalue weighted by Crippen LogP contribution is 2.23. The van der Waals surface area contributed by atoms with Crippen molar-refractivity contribution < 1.29 is 13.6 Å². The Kier molecular flexibility index (Phi) is 3.48. The Labute approximate surface area is 120 Å². The largest absolute Gasteiger partial charge is 0.294 e. The fraction of sp³-hybridized carbons (Fsp3) is 0.0556. The first-order valence-corrected chi connectivity index (χ1v) is 6.60. The van der Waals surface area contributed by atoms with Gasteiger partial charge in [-0.2, -0.15) is 0 Å². The maximum atomic E-state index is 13.7. The summed E-state index contributed by atoms with van der Waals surface area (Å²) >= 11 is 0. The van der Waals surface area contributed by atoms with Crippen LogP contribution in [0.5, 0.6) is 0 Å². The van der Waals surface area contributed by atoms with Crippen molar-refractivity contribution in [2.75, 3.05) is 0 Å². The molecule has 104 valence electrons. The Morgan fingerprint density at radius 1 is 0.857 bits per heavy atom. The van der Waals surface area contributed by atoms with E-state index in [9.17, 15) is 13.6 Å². The van der Waals surface area contributed by atoms with E-state index in [2.05, 4.69) is 0 Å². The molecule has 0 saturated heterocycles. The Bertz CT molecular complexity index is 824. The Balaban J connectivity index is 2.01. The zero-order valence-electron chi connectivity index (χ0n) is 11.1. The molecule has 0 heterocycles. The standard InChI is InChI=1S/C18H12F2O/c19-13-5-3-4-12(10-13)11-18(21)16-8-9-17(20)15-7-2-1-6-14(15)16/h1-10H,11H2. The molecule has 0 aliphatic rings. The number of rotatable bonds is 3. The van der Waals surface area contributed by atoms with Crippen LogP contribution >= 0.6 is 0 Å². The molecule has 0 atom stereocenters. The summed E-state index contributed by atoms with van der Waals surface area (Å²) in [6.07, 6.45) is 0.0907. The molecule has 0 bridgehead atoms. The number of carbonyl (C=O) groups excluding carboxylic acids is 1. The summed E-state index contributed by atoms with van der Waals surface area (Å²) < 4.78 is 26.9. The van der Waals surface area contributed by atoms with Crippen LogP contribution < -0.4 is 0 Å². The summed E-state index contributed by atoms with van der Waals surface area (Å²) in [5.74, 6) is -0.881.